The molecule has 0 saturated carbocycles. The second kappa shape index (κ2) is 7.83. The Morgan fingerprint density at radius 1 is 1.33 bits per heavy atom. The maximum absolute atomic E-state index is 12.4. The van der Waals surface area contributed by atoms with Crippen molar-refractivity contribution in [2.24, 2.45) is 5.73 Å². The van der Waals surface area contributed by atoms with Gasteiger partial charge in [-0.25, -0.2) is 0 Å². The Morgan fingerprint density at radius 3 is 2.62 bits per heavy atom. The average Bonchev–Trinajstić information content (AvgIpc) is 2.98. The topological polar surface area (TPSA) is 93.5 Å². The number of aromatic nitrogens is 2. The van der Waals surface area contributed by atoms with Crippen LogP contribution in [0, 0.1) is 6.92 Å². The van der Waals surface area contributed by atoms with Gasteiger partial charge in [-0.1, -0.05) is 6.07 Å². The number of carbonyl (C=O) groups excluding carboxylic acids is 1. The molecule has 1 atom stereocenters. The third kappa shape index (κ3) is 4.05. The number of rotatable bonds is 7. The van der Waals surface area contributed by atoms with E-state index >= 15 is 0 Å². The largest absolute Gasteiger partial charge is 0.493 e. The zero-order chi connectivity index (χ0) is 17.7. The van der Waals surface area contributed by atoms with E-state index < -0.39 is 6.04 Å². The third-order valence-electron chi connectivity index (χ3n) is 4.00. The summed E-state index contributed by atoms with van der Waals surface area (Å²) in [4.78, 5) is 14.1. The van der Waals surface area contributed by atoms with Crippen molar-refractivity contribution in [1.82, 2.24) is 15.1 Å². The van der Waals surface area contributed by atoms with Crippen LogP contribution >= 0.6 is 0 Å². The Labute approximate surface area is 141 Å². The molecule has 0 aliphatic heterocycles. The fourth-order valence-corrected chi connectivity index (χ4v) is 2.42. The second-order valence-corrected chi connectivity index (χ2v) is 5.70. The summed E-state index contributed by atoms with van der Waals surface area (Å²) in [7, 11) is 4.91. The number of methoxy groups -OCH3 is 2. The zero-order valence-electron chi connectivity index (χ0n) is 14.5. The van der Waals surface area contributed by atoms with E-state index in [0.29, 0.717) is 18.0 Å². The van der Waals surface area contributed by atoms with Gasteiger partial charge in [0.25, 0.3) is 0 Å². The smallest absolute Gasteiger partial charge is 0.224 e. The fourth-order valence-electron chi connectivity index (χ4n) is 2.42. The van der Waals surface area contributed by atoms with E-state index in [0.717, 1.165) is 16.8 Å². The maximum atomic E-state index is 12.4. The minimum atomic E-state index is -0.412. The molecular weight excluding hydrogens is 308 g/mol. The first-order chi connectivity index (χ1) is 11.5. The van der Waals surface area contributed by atoms with Crippen LogP contribution in [-0.4, -0.2) is 42.3 Å². The number of amides is 1. The van der Waals surface area contributed by atoms with Crippen molar-refractivity contribution in [3.63, 3.8) is 0 Å². The monoisotopic (exact) mass is 332 g/mol. The molecule has 0 radical (unpaired) electrons. The molecule has 1 aromatic carbocycles. The predicted octanol–water partition coefficient (Wildman–Crippen LogP) is 1.78. The van der Waals surface area contributed by atoms with E-state index in [2.05, 4.69) is 10.2 Å². The van der Waals surface area contributed by atoms with Crippen molar-refractivity contribution in [1.29, 1.82) is 0 Å². The van der Waals surface area contributed by atoms with Gasteiger partial charge >= 0.3 is 0 Å². The Hall–Kier alpha value is -2.54. The van der Waals surface area contributed by atoms with Crippen LogP contribution < -0.4 is 15.2 Å². The molecule has 0 unspecified atom stereocenters. The first kappa shape index (κ1) is 17.8. The van der Waals surface area contributed by atoms with Crippen LogP contribution in [0.3, 0.4) is 0 Å². The highest BCUT2D eigenvalue weighted by Crippen LogP contribution is 2.30. The number of nitrogens with zero attached hydrogens (tertiary/aromatic N) is 2. The van der Waals surface area contributed by atoms with Crippen molar-refractivity contribution in [3.05, 3.63) is 41.2 Å². The van der Waals surface area contributed by atoms with Gasteiger partial charge < -0.3 is 20.1 Å². The van der Waals surface area contributed by atoms with Gasteiger partial charge in [0, 0.05) is 37.3 Å². The van der Waals surface area contributed by atoms with Gasteiger partial charge in [-0.05, 0) is 24.6 Å². The maximum Gasteiger partial charge on any atom is 0.224 e. The zero-order valence-corrected chi connectivity index (χ0v) is 14.5. The first-order valence-electron chi connectivity index (χ1n) is 7.66. The molecule has 130 valence electrons. The van der Waals surface area contributed by atoms with Crippen molar-refractivity contribution in [3.8, 4) is 11.5 Å². The van der Waals surface area contributed by atoms with Gasteiger partial charge in [0.2, 0.25) is 5.91 Å². The van der Waals surface area contributed by atoms with E-state index in [1.165, 1.54) is 0 Å². The number of H-pyrrole nitrogens is 1. The Balaban J connectivity index is 2.01. The first-order valence-corrected chi connectivity index (χ1v) is 7.66. The van der Waals surface area contributed by atoms with E-state index in [4.69, 9.17) is 15.2 Å². The summed E-state index contributed by atoms with van der Waals surface area (Å²) in [5.74, 6) is 1.20. The lowest BCUT2D eigenvalue weighted by atomic mass is 10.0. The van der Waals surface area contributed by atoms with Gasteiger partial charge in [-0.2, -0.15) is 5.10 Å². The summed E-state index contributed by atoms with van der Waals surface area (Å²) in [6, 6.07) is 5.03. The van der Waals surface area contributed by atoms with E-state index in [-0.39, 0.29) is 12.3 Å². The van der Waals surface area contributed by atoms with Crippen molar-refractivity contribution in [2.45, 2.75) is 25.9 Å². The number of benzene rings is 1. The number of carbonyl (C=O) groups is 1. The van der Waals surface area contributed by atoms with Crippen LogP contribution in [0.25, 0.3) is 0 Å². The van der Waals surface area contributed by atoms with Crippen LogP contribution in [0.15, 0.2) is 24.4 Å². The molecule has 0 bridgehead atoms. The van der Waals surface area contributed by atoms with Crippen LogP contribution in [0.1, 0.15) is 29.3 Å². The summed E-state index contributed by atoms with van der Waals surface area (Å²) in [5.41, 5.74) is 8.97. The van der Waals surface area contributed by atoms with Crippen LogP contribution in [0.4, 0.5) is 0 Å². The van der Waals surface area contributed by atoms with Crippen molar-refractivity contribution in [2.75, 3.05) is 21.3 Å². The van der Waals surface area contributed by atoms with E-state index in [1.54, 1.807) is 44.5 Å². The lowest BCUT2D eigenvalue weighted by Crippen LogP contribution is -2.29. The lowest BCUT2D eigenvalue weighted by Gasteiger charge is -2.20. The van der Waals surface area contributed by atoms with Gasteiger partial charge in [-0.15, -0.1) is 0 Å². The molecule has 2 rings (SSSR count). The third-order valence-corrected chi connectivity index (χ3v) is 4.00. The molecule has 24 heavy (non-hydrogen) atoms. The summed E-state index contributed by atoms with van der Waals surface area (Å²) >= 11 is 0. The minimum Gasteiger partial charge on any atom is -0.493 e. The number of nitrogens with one attached hydrogen (secondary N) is 1. The Bertz CT molecular complexity index is 699. The van der Waals surface area contributed by atoms with Gasteiger partial charge in [0.05, 0.1) is 20.4 Å². The molecule has 0 saturated heterocycles. The van der Waals surface area contributed by atoms with Crippen molar-refractivity contribution < 1.29 is 14.3 Å². The van der Waals surface area contributed by atoms with Crippen LogP contribution in [0.2, 0.25) is 0 Å². The molecule has 0 aliphatic carbocycles. The van der Waals surface area contributed by atoms with Gasteiger partial charge in [0.15, 0.2) is 11.5 Å². The normalized spacial score (nSPS) is 11.9. The second-order valence-electron chi connectivity index (χ2n) is 5.70. The summed E-state index contributed by atoms with van der Waals surface area (Å²) in [5, 5.41) is 6.83. The molecule has 7 nitrogen and oxygen atoms in total. The standard InChI is InChI=1S/C17H24N4O3/c1-11-13(9-19-20-11)10-21(2)17(22)8-14(18)12-5-6-15(23-3)16(7-12)24-4/h5-7,9,14H,8,10,18H2,1-4H3,(H,19,20)/t14-/m0/s1. The summed E-state index contributed by atoms with van der Waals surface area (Å²) < 4.78 is 10.5. The Kier molecular flexibility index (Phi) is 5.81. The molecule has 1 aromatic heterocycles. The summed E-state index contributed by atoms with van der Waals surface area (Å²) in [6.07, 6.45) is 1.94. The molecule has 1 amide bonds. The van der Waals surface area contributed by atoms with E-state index in [9.17, 15) is 4.79 Å². The molecule has 0 fully saturated rings. The SMILES string of the molecule is COc1ccc([C@@H](N)CC(=O)N(C)Cc2cn[nH]c2C)cc1OC. The highest BCUT2D eigenvalue weighted by Gasteiger charge is 2.18. The van der Waals surface area contributed by atoms with E-state index in [1.807, 2.05) is 13.0 Å². The van der Waals surface area contributed by atoms with Crippen molar-refractivity contribution >= 4 is 5.91 Å². The highest BCUT2D eigenvalue weighted by molar-refractivity contribution is 5.76. The fraction of sp³-hybridized carbons (Fsp3) is 0.412. The molecule has 2 aromatic rings. The van der Waals surface area contributed by atoms with Crippen LogP contribution in [-0.2, 0) is 11.3 Å². The molecule has 7 heteroatoms. The molecule has 3 N–H and O–H groups in total. The van der Waals surface area contributed by atoms with Gasteiger partial charge in [0.1, 0.15) is 0 Å². The molecular formula is C17H24N4O3. The molecule has 0 spiro atoms. The molecule has 1 heterocycles. The number of aromatic amines is 1. The molecule has 0 aliphatic rings. The summed E-state index contributed by atoms with van der Waals surface area (Å²) in [6.45, 7) is 2.43. The highest BCUT2D eigenvalue weighted by atomic mass is 16.5. The predicted molar refractivity (Wildman–Crippen MR) is 90.9 cm³/mol. The minimum absolute atomic E-state index is 0.0297. The number of hydrogen-bond donors (Lipinski definition) is 2. The number of aryl methyl sites for hydroxylation is 1. The Morgan fingerprint density at radius 2 is 2.04 bits per heavy atom. The van der Waals surface area contributed by atoms with Gasteiger partial charge in [-0.3, -0.25) is 9.89 Å². The van der Waals surface area contributed by atoms with Crippen LogP contribution in [0.5, 0.6) is 11.5 Å². The number of hydrogen-bond acceptors (Lipinski definition) is 5. The lowest BCUT2D eigenvalue weighted by molar-refractivity contribution is -0.130. The average molecular weight is 332 g/mol. The number of ether oxygens (including phenoxy) is 2. The number of nitrogens with two attached hydrogens (primary N) is 1. The quantitative estimate of drug-likeness (QED) is 0.806.